The molecule has 1 saturated heterocycles. The lowest BCUT2D eigenvalue weighted by atomic mass is 9.95. The van der Waals surface area contributed by atoms with Crippen LogP contribution in [0.25, 0.3) is 0 Å². The number of benzene rings is 1. The molecule has 2 fully saturated rings. The summed E-state index contributed by atoms with van der Waals surface area (Å²) in [7, 11) is -2.80. The van der Waals surface area contributed by atoms with E-state index in [0.717, 1.165) is 0 Å². The van der Waals surface area contributed by atoms with Gasteiger partial charge in [0.2, 0.25) is 0 Å². The molecule has 6 nitrogen and oxygen atoms in total. The first kappa shape index (κ1) is 20.2. The van der Waals surface area contributed by atoms with Crippen LogP contribution in [0.5, 0.6) is 0 Å². The Morgan fingerprint density at radius 1 is 1.28 bits per heavy atom. The number of piperidine rings is 1. The smallest absolute Gasteiger partial charge is 0.273 e. The number of hydrogen-bond acceptors (Lipinski definition) is 5. The Morgan fingerprint density at radius 3 is 2.55 bits per heavy atom. The number of likely N-dealkylation sites (tertiary alicyclic amines) is 1. The van der Waals surface area contributed by atoms with Crippen molar-refractivity contribution in [2.24, 2.45) is 4.36 Å². The summed E-state index contributed by atoms with van der Waals surface area (Å²) in [5, 5.41) is 1.44. The van der Waals surface area contributed by atoms with Crippen LogP contribution in [0.3, 0.4) is 0 Å². The average Bonchev–Trinajstić information content (AvgIpc) is 3.33. The summed E-state index contributed by atoms with van der Waals surface area (Å²) in [6.45, 7) is 0.905. The first-order valence-electron chi connectivity index (χ1n) is 9.51. The second-order valence-electron chi connectivity index (χ2n) is 7.68. The van der Waals surface area contributed by atoms with Crippen molar-refractivity contribution in [1.29, 1.82) is 0 Å². The van der Waals surface area contributed by atoms with Gasteiger partial charge in [-0.2, -0.15) is 4.36 Å². The van der Waals surface area contributed by atoms with E-state index in [0.29, 0.717) is 50.0 Å². The number of hydrogen-bond donors (Lipinski definition) is 0. The number of nitrogens with zero attached hydrogens (tertiary/aromatic N) is 3. The molecule has 154 valence electrons. The van der Waals surface area contributed by atoms with Crippen LogP contribution in [0.4, 0.5) is 4.39 Å². The maximum atomic E-state index is 14.2. The maximum absolute atomic E-state index is 14.2. The molecular weight excluding hydrogens is 413 g/mol. The number of thiazole rings is 1. The van der Waals surface area contributed by atoms with E-state index in [4.69, 9.17) is 0 Å². The molecule has 2 amide bonds. The van der Waals surface area contributed by atoms with Gasteiger partial charge in [-0.05, 0) is 31.7 Å². The second-order valence-corrected chi connectivity index (χ2v) is 11.0. The fourth-order valence-corrected chi connectivity index (χ4v) is 6.14. The lowest BCUT2D eigenvalue weighted by molar-refractivity contribution is -0.120. The summed E-state index contributed by atoms with van der Waals surface area (Å²) in [5.74, 6) is -1.04. The molecule has 2 aromatic rings. The fraction of sp³-hybridized carbons (Fsp3) is 0.450. The van der Waals surface area contributed by atoms with Crippen molar-refractivity contribution in [3.63, 3.8) is 0 Å². The van der Waals surface area contributed by atoms with Crippen molar-refractivity contribution in [1.82, 2.24) is 9.88 Å². The first-order chi connectivity index (χ1) is 13.8. The van der Waals surface area contributed by atoms with E-state index in [1.165, 1.54) is 23.7 Å². The molecule has 29 heavy (non-hydrogen) atoms. The van der Waals surface area contributed by atoms with Crippen LogP contribution in [-0.2, 0) is 19.9 Å². The third-order valence-corrected chi connectivity index (χ3v) is 8.64. The van der Waals surface area contributed by atoms with Crippen LogP contribution in [-0.4, -0.2) is 50.5 Å². The monoisotopic (exact) mass is 435 g/mol. The second kappa shape index (κ2) is 7.60. The predicted octanol–water partition coefficient (Wildman–Crippen LogP) is 3.24. The van der Waals surface area contributed by atoms with E-state index in [1.54, 1.807) is 34.0 Å². The fourth-order valence-electron chi connectivity index (χ4n) is 3.88. The molecule has 0 N–H and O–H groups in total. The standard InChI is InChI=1S/C20H22FN3O3S2/c1-29(27,14-6-10-24(11-7-14)18(25)17-12-28-13-22-17)23-19(26)20(8-9-20)15-4-2-3-5-16(15)21/h2-5,12-14H,6-11H2,1H3. The zero-order valence-electron chi connectivity index (χ0n) is 16.0. The Balaban J connectivity index is 1.47. The largest absolute Gasteiger partial charge is 0.337 e. The van der Waals surface area contributed by atoms with Crippen molar-refractivity contribution >= 4 is 32.9 Å². The topological polar surface area (TPSA) is 79.7 Å². The molecule has 1 aromatic heterocycles. The minimum atomic E-state index is -2.80. The number of amides is 2. The SMILES string of the molecule is CS(=O)(=NC(=O)C1(c2ccccc2F)CC1)C1CCN(C(=O)c2cscn2)CC1. The van der Waals surface area contributed by atoms with Gasteiger partial charge in [-0.15, -0.1) is 11.3 Å². The van der Waals surface area contributed by atoms with Gasteiger partial charge in [-0.1, -0.05) is 18.2 Å². The Hall–Kier alpha value is -2.13. The van der Waals surface area contributed by atoms with Crippen LogP contribution in [0.2, 0.25) is 0 Å². The molecule has 1 aromatic carbocycles. The zero-order chi connectivity index (χ0) is 20.6. The highest BCUT2D eigenvalue weighted by Crippen LogP contribution is 2.50. The molecule has 2 heterocycles. The van der Waals surface area contributed by atoms with Crippen molar-refractivity contribution < 1.29 is 18.2 Å². The van der Waals surface area contributed by atoms with Gasteiger partial charge < -0.3 is 4.90 Å². The molecule has 4 rings (SSSR count). The molecule has 1 aliphatic heterocycles. The number of aromatic nitrogens is 1. The summed E-state index contributed by atoms with van der Waals surface area (Å²) in [5.41, 5.74) is 1.41. The molecule has 1 saturated carbocycles. The Morgan fingerprint density at radius 2 is 1.97 bits per heavy atom. The van der Waals surface area contributed by atoms with Gasteiger partial charge in [0, 0.05) is 35.5 Å². The molecule has 0 bridgehead atoms. The zero-order valence-corrected chi connectivity index (χ0v) is 17.7. The van der Waals surface area contributed by atoms with Gasteiger partial charge in [-0.3, -0.25) is 9.59 Å². The van der Waals surface area contributed by atoms with Gasteiger partial charge in [0.1, 0.15) is 11.5 Å². The number of halogens is 1. The lowest BCUT2D eigenvalue weighted by Gasteiger charge is -2.32. The Bertz CT molecular complexity index is 1050. The van der Waals surface area contributed by atoms with E-state index in [1.807, 2.05) is 0 Å². The molecule has 2 aliphatic rings. The van der Waals surface area contributed by atoms with Crippen molar-refractivity contribution in [2.45, 2.75) is 36.3 Å². The quantitative estimate of drug-likeness (QED) is 0.739. The van der Waals surface area contributed by atoms with Gasteiger partial charge in [0.15, 0.2) is 0 Å². The van der Waals surface area contributed by atoms with E-state index in [9.17, 15) is 18.2 Å². The number of rotatable bonds is 4. The van der Waals surface area contributed by atoms with Crippen molar-refractivity contribution in [3.05, 3.63) is 52.2 Å². The Labute approximate surface area is 173 Å². The lowest BCUT2D eigenvalue weighted by Crippen LogP contribution is -2.42. The highest BCUT2D eigenvalue weighted by Gasteiger charge is 2.53. The average molecular weight is 436 g/mol. The first-order valence-corrected chi connectivity index (χ1v) is 12.4. The van der Waals surface area contributed by atoms with Crippen LogP contribution in [0, 0.1) is 5.82 Å². The van der Waals surface area contributed by atoms with E-state index in [2.05, 4.69) is 9.35 Å². The molecular formula is C20H22FN3O3S2. The van der Waals surface area contributed by atoms with Crippen molar-refractivity contribution in [3.8, 4) is 0 Å². The normalized spacial score (nSPS) is 20.7. The van der Waals surface area contributed by atoms with Gasteiger partial charge >= 0.3 is 0 Å². The van der Waals surface area contributed by atoms with Crippen molar-refractivity contribution in [2.75, 3.05) is 19.3 Å². The third-order valence-electron chi connectivity index (χ3n) is 5.81. The molecule has 0 spiro atoms. The van der Waals surface area contributed by atoms with Crippen LogP contribution in [0.15, 0.2) is 39.5 Å². The molecule has 1 atom stereocenters. The highest BCUT2D eigenvalue weighted by molar-refractivity contribution is 7.93. The summed E-state index contributed by atoms with van der Waals surface area (Å²) >= 11 is 1.37. The minimum absolute atomic E-state index is 0.128. The van der Waals surface area contributed by atoms with Gasteiger partial charge in [0.25, 0.3) is 11.8 Å². The minimum Gasteiger partial charge on any atom is -0.337 e. The molecule has 0 radical (unpaired) electrons. The maximum Gasteiger partial charge on any atom is 0.273 e. The molecule has 1 unspecified atom stereocenters. The van der Waals surface area contributed by atoms with Crippen LogP contribution >= 0.6 is 11.3 Å². The summed E-state index contributed by atoms with van der Waals surface area (Å²) in [4.78, 5) is 31.0. The summed E-state index contributed by atoms with van der Waals surface area (Å²) in [6, 6.07) is 6.22. The molecule has 9 heteroatoms. The van der Waals surface area contributed by atoms with Crippen LogP contribution in [0.1, 0.15) is 41.7 Å². The number of carbonyl (C=O) groups excluding carboxylic acids is 2. The van der Waals surface area contributed by atoms with E-state index < -0.39 is 26.9 Å². The summed E-state index contributed by atoms with van der Waals surface area (Å²) in [6.07, 6.45) is 3.56. The third kappa shape index (κ3) is 3.85. The predicted molar refractivity (Wildman–Crippen MR) is 110 cm³/mol. The van der Waals surface area contributed by atoms with E-state index in [-0.39, 0.29) is 11.2 Å². The van der Waals surface area contributed by atoms with Gasteiger partial charge in [-0.25, -0.2) is 13.6 Å². The van der Waals surface area contributed by atoms with Crippen LogP contribution < -0.4 is 0 Å². The summed E-state index contributed by atoms with van der Waals surface area (Å²) < 4.78 is 31.6. The number of carbonyl (C=O) groups is 2. The highest BCUT2D eigenvalue weighted by atomic mass is 32.2. The molecule has 1 aliphatic carbocycles. The Kier molecular flexibility index (Phi) is 5.29. The van der Waals surface area contributed by atoms with Gasteiger partial charge in [0.05, 0.1) is 20.7 Å². The van der Waals surface area contributed by atoms with E-state index >= 15 is 0 Å².